The Morgan fingerprint density at radius 1 is 0.897 bits per heavy atom. The Balaban J connectivity index is 1.63. The number of rotatable bonds is 5. The van der Waals surface area contributed by atoms with Crippen molar-refractivity contribution in [2.45, 2.75) is 32.9 Å². The van der Waals surface area contributed by atoms with Crippen LogP contribution in [0.3, 0.4) is 0 Å². The number of aryl methyl sites for hydroxylation is 2. The molecule has 3 aromatic carbocycles. The van der Waals surface area contributed by atoms with Gasteiger partial charge >= 0.3 is 0 Å². The van der Waals surface area contributed by atoms with E-state index >= 15 is 0 Å². The van der Waals surface area contributed by atoms with E-state index in [-0.39, 0.29) is 6.04 Å². The van der Waals surface area contributed by atoms with Crippen molar-refractivity contribution in [2.24, 2.45) is 0 Å². The topological polar surface area (TPSA) is 6.48 Å². The molecule has 1 saturated heterocycles. The minimum atomic E-state index is 0.244. The van der Waals surface area contributed by atoms with Gasteiger partial charge in [0.2, 0.25) is 0 Å². The van der Waals surface area contributed by atoms with Crippen LogP contribution in [0.5, 0.6) is 0 Å². The summed E-state index contributed by atoms with van der Waals surface area (Å²) in [6, 6.07) is 26.5. The summed E-state index contributed by atoms with van der Waals surface area (Å²) in [4.78, 5) is 5.07. The Labute approximate surface area is 179 Å². The van der Waals surface area contributed by atoms with E-state index in [0.717, 1.165) is 37.6 Å². The van der Waals surface area contributed by atoms with Crippen molar-refractivity contribution in [1.82, 2.24) is 4.90 Å². The third-order valence-corrected chi connectivity index (χ3v) is 6.23. The molecule has 0 radical (unpaired) electrons. The summed E-state index contributed by atoms with van der Waals surface area (Å²) >= 11 is 6.73. The third-order valence-electron chi connectivity index (χ3n) is 5.90. The molecule has 0 spiro atoms. The van der Waals surface area contributed by atoms with Crippen LogP contribution in [-0.2, 0) is 13.0 Å². The second-order valence-electron chi connectivity index (χ2n) is 7.97. The van der Waals surface area contributed by atoms with Gasteiger partial charge in [0.15, 0.2) is 0 Å². The number of halogens is 1. The molecule has 1 fully saturated rings. The number of piperazine rings is 1. The Morgan fingerprint density at radius 2 is 1.66 bits per heavy atom. The molecule has 2 nitrogen and oxygen atoms in total. The quantitative estimate of drug-likeness (QED) is 0.494. The normalized spacial score (nSPS) is 17.5. The molecule has 1 atom stereocenters. The molecule has 0 aromatic heterocycles. The highest BCUT2D eigenvalue weighted by atomic mass is 35.5. The minimum Gasteiger partial charge on any atom is -0.362 e. The van der Waals surface area contributed by atoms with E-state index in [4.69, 9.17) is 11.6 Å². The predicted molar refractivity (Wildman–Crippen MR) is 124 cm³/mol. The maximum atomic E-state index is 6.73. The number of benzene rings is 3. The second-order valence-corrected chi connectivity index (χ2v) is 8.38. The van der Waals surface area contributed by atoms with Crippen molar-refractivity contribution < 1.29 is 0 Å². The zero-order valence-corrected chi connectivity index (χ0v) is 18.1. The molecule has 0 N–H and O–H groups in total. The summed E-state index contributed by atoms with van der Waals surface area (Å²) < 4.78 is 0. The van der Waals surface area contributed by atoms with Crippen molar-refractivity contribution in [2.75, 3.05) is 24.5 Å². The predicted octanol–water partition coefficient (Wildman–Crippen LogP) is 6.27. The van der Waals surface area contributed by atoms with Gasteiger partial charge in [-0.15, -0.1) is 0 Å². The highest BCUT2D eigenvalue weighted by Crippen LogP contribution is 2.35. The maximum Gasteiger partial charge on any atom is 0.0684 e. The summed E-state index contributed by atoms with van der Waals surface area (Å²) in [5, 5.41) is 0.867. The van der Waals surface area contributed by atoms with E-state index in [1.54, 1.807) is 0 Å². The van der Waals surface area contributed by atoms with E-state index in [9.17, 15) is 0 Å². The van der Waals surface area contributed by atoms with E-state index in [1.165, 1.54) is 27.9 Å². The van der Waals surface area contributed by atoms with Crippen molar-refractivity contribution in [3.63, 3.8) is 0 Å². The number of anilines is 1. The lowest BCUT2D eigenvalue weighted by Gasteiger charge is -2.43. The first-order chi connectivity index (χ1) is 14.1. The summed E-state index contributed by atoms with van der Waals surface area (Å²) in [6.07, 6.45) is 1.07. The van der Waals surface area contributed by atoms with Gasteiger partial charge in [-0.1, -0.05) is 73.1 Å². The molecule has 0 bridgehead atoms. The summed E-state index contributed by atoms with van der Waals surface area (Å²) in [7, 11) is 0. The molecule has 29 heavy (non-hydrogen) atoms. The first kappa shape index (κ1) is 20.0. The molecular formula is C26H29ClN2. The van der Waals surface area contributed by atoms with Crippen LogP contribution in [0.1, 0.15) is 35.2 Å². The Hall–Kier alpha value is -2.29. The zero-order chi connectivity index (χ0) is 20.2. The van der Waals surface area contributed by atoms with Crippen LogP contribution in [0.15, 0.2) is 72.8 Å². The molecule has 0 aliphatic carbocycles. The van der Waals surface area contributed by atoms with Gasteiger partial charge in [-0.3, -0.25) is 4.90 Å². The number of hydrogen-bond acceptors (Lipinski definition) is 2. The molecule has 1 heterocycles. The lowest BCUT2D eigenvalue weighted by molar-refractivity contribution is 0.215. The molecular weight excluding hydrogens is 376 g/mol. The van der Waals surface area contributed by atoms with E-state index in [2.05, 4.69) is 96.4 Å². The summed E-state index contributed by atoms with van der Waals surface area (Å²) in [5.74, 6) is 0. The van der Waals surface area contributed by atoms with Gasteiger partial charge in [-0.2, -0.15) is 0 Å². The summed E-state index contributed by atoms with van der Waals surface area (Å²) in [6.45, 7) is 8.28. The molecule has 1 aliphatic rings. The van der Waals surface area contributed by atoms with Crippen LogP contribution >= 0.6 is 11.6 Å². The van der Waals surface area contributed by atoms with Crippen LogP contribution in [0.4, 0.5) is 5.69 Å². The van der Waals surface area contributed by atoms with Gasteiger partial charge in [-0.05, 0) is 53.8 Å². The van der Waals surface area contributed by atoms with Crippen LogP contribution in [0.2, 0.25) is 5.02 Å². The van der Waals surface area contributed by atoms with Crippen molar-refractivity contribution in [3.05, 3.63) is 100 Å². The van der Waals surface area contributed by atoms with Crippen LogP contribution in [0, 0.1) is 6.92 Å². The van der Waals surface area contributed by atoms with E-state index in [1.807, 2.05) is 0 Å². The van der Waals surface area contributed by atoms with Gasteiger partial charge in [0.05, 0.1) is 6.04 Å². The Morgan fingerprint density at radius 3 is 2.34 bits per heavy atom. The van der Waals surface area contributed by atoms with Crippen molar-refractivity contribution in [3.8, 4) is 0 Å². The smallest absolute Gasteiger partial charge is 0.0684 e. The fourth-order valence-corrected chi connectivity index (χ4v) is 4.59. The fourth-order valence-electron chi connectivity index (χ4n) is 4.23. The minimum absolute atomic E-state index is 0.244. The SMILES string of the molecule is CCc1ccc(N2CCN(Cc3ccccc3)CC2c2ccc(C)cc2Cl)cc1. The molecule has 150 valence electrons. The van der Waals surface area contributed by atoms with Gasteiger partial charge in [0.1, 0.15) is 0 Å². The molecule has 0 saturated carbocycles. The average molecular weight is 405 g/mol. The fraction of sp³-hybridized carbons (Fsp3) is 0.308. The number of nitrogens with zero attached hydrogens (tertiary/aromatic N) is 2. The molecule has 3 heteroatoms. The average Bonchev–Trinajstić information content (AvgIpc) is 2.75. The zero-order valence-electron chi connectivity index (χ0n) is 17.3. The Kier molecular flexibility index (Phi) is 6.22. The molecule has 0 amide bonds. The molecule has 1 unspecified atom stereocenters. The van der Waals surface area contributed by atoms with Crippen LogP contribution < -0.4 is 4.90 Å². The van der Waals surface area contributed by atoms with Crippen LogP contribution in [0.25, 0.3) is 0 Å². The van der Waals surface area contributed by atoms with Gasteiger partial charge in [-0.25, -0.2) is 0 Å². The lowest BCUT2D eigenvalue weighted by atomic mass is 9.99. The Bertz CT molecular complexity index is 937. The van der Waals surface area contributed by atoms with Gasteiger partial charge < -0.3 is 4.90 Å². The standard InChI is InChI=1S/C26H29ClN2/c1-3-21-10-12-23(13-11-21)29-16-15-28(18-22-7-5-4-6-8-22)19-26(29)24-14-9-20(2)17-25(24)27/h4-14,17,26H,3,15-16,18-19H2,1-2H3. The van der Waals surface area contributed by atoms with Crippen molar-refractivity contribution >= 4 is 17.3 Å². The molecule has 4 rings (SSSR count). The highest BCUT2D eigenvalue weighted by Gasteiger charge is 2.30. The highest BCUT2D eigenvalue weighted by molar-refractivity contribution is 6.31. The third kappa shape index (κ3) is 4.66. The van der Waals surface area contributed by atoms with Crippen LogP contribution in [-0.4, -0.2) is 24.5 Å². The van der Waals surface area contributed by atoms with Crippen molar-refractivity contribution in [1.29, 1.82) is 0 Å². The second kappa shape index (κ2) is 9.02. The molecule has 1 aliphatic heterocycles. The monoisotopic (exact) mass is 404 g/mol. The number of hydrogen-bond donors (Lipinski definition) is 0. The lowest BCUT2D eigenvalue weighted by Crippen LogP contribution is -2.48. The van der Waals surface area contributed by atoms with E-state index in [0.29, 0.717) is 0 Å². The summed E-state index contributed by atoms with van der Waals surface area (Å²) in [5.41, 5.74) is 6.44. The maximum absolute atomic E-state index is 6.73. The van der Waals surface area contributed by atoms with E-state index < -0.39 is 0 Å². The van der Waals surface area contributed by atoms with Gasteiger partial charge in [0, 0.05) is 36.9 Å². The largest absolute Gasteiger partial charge is 0.362 e. The first-order valence-electron chi connectivity index (χ1n) is 10.5. The van der Waals surface area contributed by atoms with Gasteiger partial charge in [0.25, 0.3) is 0 Å². The first-order valence-corrected chi connectivity index (χ1v) is 10.9. The molecule has 3 aromatic rings.